The van der Waals surface area contributed by atoms with Crippen LogP contribution in [0.1, 0.15) is 25.7 Å². The quantitative estimate of drug-likeness (QED) is 0.443. The molecule has 0 aromatic heterocycles. The molecule has 12 heavy (non-hydrogen) atoms. The van der Waals surface area contributed by atoms with Crippen LogP contribution < -0.4 is 0 Å². The maximum absolute atomic E-state index is 9.90. The molecule has 0 aliphatic carbocycles. The molecule has 6 heteroatoms. The first-order valence-corrected chi connectivity index (χ1v) is 3.06. The van der Waals surface area contributed by atoms with E-state index in [4.69, 9.17) is 10.2 Å². The second kappa shape index (κ2) is 11.2. The molecular weight excluding hydrogens is 192 g/mol. The van der Waals surface area contributed by atoms with Gasteiger partial charge in [0.1, 0.15) is 0 Å². The fraction of sp³-hybridized carbons (Fsp3) is 0.667. The minimum atomic E-state index is -0.870. The predicted molar refractivity (Wildman–Crippen MR) is 45.9 cm³/mol. The number of carboxylic acids is 2. The molecule has 4 N–H and O–H groups in total. The third kappa shape index (κ3) is 16.6. The molecule has 0 saturated heterocycles. The van der Waals surface area contributed by atoms with Crippen molar-refractivity contribution in [1.82, 2.24) is 0 Å². The van der Waals surface area contributed by atoms with E-state index in [1.54, 1.807) is 0 Å². The second-order valence-corrected chi connectivity index (χ2v) is 1.99. The molecule has 0 aliphatic heterocycles. The summed E-state index contributed by atoms with van der Waals surface area (Å²) in [6.45, 7) is 0. The standard InChI is InChI=1S/C6H10O4.Ca.H2O.2H/c7-5(8)3-1-2-4-6(9)10;;;;/h1-4H2,(H,7,8)(H,9,10);;1H2;;. The van der Waals surface area contributed by atoms with Gasteiger partial charge in [0, 0.05) is 12.8 Å². The Morgan fingerprint density at radius 3 is 1.33 bits per heavy atom. The first kappa shape index (κ1) is 18.0. The Labute approximate surface area is 100 Å². The molecule has 0 rings (SSSR count). The zero-order chi connectivity index (χ0) is 7.98. The van der Waals surface area contributed by atoms with Crippen molar-refractivity contribution in [3.8, 4) is 0 Å². The zero-order valence-corrected chi connectivity index (χ0v) is 6.04. The summed E-state index contributed by atoms with van der Waals surface area (Å²) < 4.78 is 0. The van der Waals surface area contributed by atoms with Gasteiger partial charge in [-0.3, -0.25) is 9.59 Å². The normalized spacial score (nSPS) is 7.67. The Morgan fingerprint density at radius 2 is 1.17 bits per heavy atom. The van der Waals surface area contributed by atoms with Gasteiger partial charge in [-0.05, 0) is 12.8 Å². The summed E-state index contributed by atoms with van der Waals surface area (Å²) in [5, 5.41) is 16.3. The van der Waals surface area contributed by atoms with Crippen molar-refractivity contribution in [2.24, 2.45) is 0 Å². The molecule has 0 amide bonds. The molecule has 0 radical (unpaired) electrons. The van der Waals surface area contributed by atoms with E-state index in [2.05, 4.69) is 0 Å². The molecule has 0 aromatic rings. The molecule has 0 atom stereocenters. The first-order chi connectivity index (χ1) is 4.63. The third-order valence-electron chi connectivity index (χ3n) is 1.03. The summed E-state index contributed by atoms with van der Waals surface area (Å²) in [4.78, 5) is 19.8. The van der Waals surface area contributed by atoms with E-state index in [0.29, 0.717) is 12.8 Å². The monoisotopic (exact) mass is 206 g/mol. The molecule has 0 aliphatic rings. The number of unbranched alkanes of at least 4 members (excludes halogenated alkanes) is 1. The number of carbonyl (C=O) groups is 2. The fourth-order valence-electron chi connectivity index (χ4n) is 0.552. The van der Waals surface area contributed by atoms with E-state index >= 15 is 0 Å². The first-order valence-electron chi connectivity index (χ1n) is 3.06. The van der Waals surface area contributed by atoms with Crippen LogP contribution in [0.4, 0.5) is 0 Å². The molecule has 0 spiro atoms. The Morgan fingerprint density at radius 1 is 0.917 bits per heavy atom. The number of hydrogen-bond donors (Lipinski definition) is 2. The summed E-state index contributed by atoms with van der Waals surface area (Å²) in [6.07, 6.45) is 1.02. The van der Waals surface area contributed by atoms with E-state index < -0.39 is 11.9 Å². The van der Waals surface area contributed by atoms with Gasteiger partial charge in [-0.25, -0.2) is 0 Å². The Bertz CT molecular complexity index is 120. The van der Waals surface area contributed by atoms with Crippen LogP contribution in [-0.4, -0.2) is 65.4 Å². The predicted octanol–water partition coefficient (Wildman–Crippen LogP) is -1.02. The summed E-state index contributed by atoms with van der Waals surface area (Å²) in [7, 11) is 0. The average molecular weight is 206 g/mol. The van der Waals surface area contributed by atoms with E-state index in [1.165, 1.54) is 0 Å². The molecule has 0 heterocycles. The Hall–Kier alpha value is 0.160. The zero-order valence-electron chi connectivity index (χ0n) is 6.04. The van der Waals surface area contributed by atoms with Crippen LogP contribution in [0, 0.1) is 0 Å². The van der Waals surface area contributed by atoms with Crippen LogP contribution in [0.3, 0.4) is 0 Å². The maximum atomic E-state index is 9.90. The number of hydrogen-bond acceptors (Lipinski definition) is 2. The van der Waals surface area contributed by atoms with Crippen LogP contribution in [0.5, 0.6) is 0 Å². The van der Waals surface area contributed by atoms with E-state index in [9.17, 15) is 9.59 Å². The van der Waals surface area contributed by atoms with Gasteiger partial charge in [0.2, 0.25) is 0 Å². The van der Waals surface area contributed by atoms with Crippen molar-refractivity contribution in [3.63, 3.8) is 0 Å². The summed E-state index contributed by atoms with van der Waals surface area (Å²) >= 11 is 0. The topological polar surface area (TPSA) is 106 Å². The SMILES string of the molecule is O.O=C(O)CCCCC(=O)O.[CaH2]. The summed E-state index contributed by atoms with van der Waals surface area (Å²) in [5.74, 6) is -1.74. The Balaban J connectivity index is -0.000000405. The van der Waals surface area contributed by atoms with Gasteiger partial charge in [0.25, 0.3) is 0 Å². The number of aliphatic carboxylic acids is 2. The van der Waals surface area contributed by atoms with E-state index in [0.717, 1.165) is 0 Å². The van der Waals surface area contributed by atoms with Crippen molar-refractivity contribution < 1.29 is 25.3 Å². The molecule has 0 saturated carbocycles. The van der Waals surface area contributed by atoms with Gasteiger partial charge < -0.3 is 15.7 Å². The van der Waals surface area contributed by atoms with Gasteiger partial charge in [-0.2, -0.15) is 0 Å². The van der Waals surface area contributed by atoms with Crippen LogP contribution in [0.2, 0.25) is 0 Å². The molecule has 0 aromatic carbocycles. The molecule has 5 nitrogen and oxygen atoms in total. The van der Waals surface area contributed by atoms with Gasteiger partial charge >= 0.3 is 49.7 Å². The van der Waals surface area contributed by atoms with Crippen LogP contribution >= 0.6 is 0 Å². The van der Waals surface area contributed by atoms with Gasteiger partial charge in [0.15, 0.2) is 0 Å². The molecular formula is C6H14CaO5. The molecule has 0 fully saturated rings. The van der Waals surface area contributed by atoms with E-state index in [-0.39, 0.29) is 56.1 Å². The third-order valence-corrected chi connectivity index (χ3v) is 1.03. The van der Waals surface area contributed by atoms with Crippen LogP contribution in [0.15, 0.2) is 0 Å². The van der Waals surface area contributed by atoms with Crippen molar-refractivity contribution >= 4 is 49.7 Å². The molecule has 70 valence electrons. The van der Waals surface area contributed by atoms with Gasteiger partial charge in [-0.15, -0.1) is 0 Å². The summed E-state index contributed by atoms with van der Waals surface area (Å²) in [5.41, 5.74) is 0. The Kier molecular flexibility index (Phi) is 16.8. The van der Waals surface area contributed by atoms with Crippen LogP contribution in [-0.2, 0) is 9.59 Å². The summed E-state index contributed by atoms with van der Waals surface area (Å²) in [6, 6.07) is 0. The fourth-order valence-corrected chi connectivity index (χ4v) is 0.552. The van der Waals surface area contributed by atoms with Crippen molar-refractivity contribution in [2.45, 2.75) is 25.7 Å². The van der Waals surface area contributed by atoms with E-state index in [1.807, 2.05) is 0 Å². The molecule has 0 unspecified atom stereocenters. The second-order valence-electron chi connectivity index (χ2n) is 1.99. The van der Waals surface area contributed by atoms with Gasteiger partial charge in [-0.1, -0.05) is 0 Å². The minimum absolute atomic E-state index is 0. The van der Waals surface area contributed by atoms with Gasteiger partial charge in [0.05, 0.1) is 0 Å². The van der Waals surface area contributed by atoms with Crippen LogP contribution in [0.25, 0.3) is 0 Å². The number of carboxylic acid groups (broad SMARTS) is 2. The number of rotatable bonds is 5. The average Bonchev–Trinajstić information content (AvgIpc) is 1.79. The molecule has 0 bridgehead atoms. The van der Waals surface area contributed by atoms with Crippen molar-refractivity contribution in [3.05, 3.63) is 0 Å². The van der Waals surface area contributed by atoms with Crippen molar-refractivity contribution in [2.75, 3.05) is 0 Å². The van der Waals surface area contributed by atoms with Crippen molar-refractivity contribution in [1.29, 1.82) is 0 Å².